The number of hydrogen-bond donors (Lipinski definition) is 3. The summed E-state index contributed by atoms with van der Waals surface area (Å²) in [5.74, 6) is -0.458. The van der Waals surface area contributed by atoms with Crippen LogP contribution in [0, 0.1) is 23.7 Å². The number of hydrogen-bond acceptors (Lipinski definition) is 16. The third kappa shape index (κ3) is 9.16. The van der Waals surface area contributed by atoms with Crippen LogP contribution in [0.1, 0.15) is 112 Å². The molecule has 13 heterocycles. The lowest BCUT2D eigenvalue weighted by Crippen LogP contribution is -2.63. The fourth-order valence-electron chi connectivity index (χ4n) is 15.6. The molecule has 0 bridgehead atoms. The lowest BCUT2D eigenvalue weighted by atomic mass is 9.76. The summed E-state index contributed by atoms with van der Waals surface area (Å²) < 4.78 is 89.0. The highest BCUT2D eigenvalue weighted by Crippen LogP contribution is 2.52. The van der Waals surface area contributed by atoms with Gasteiger partial charge in [-0.15, -0.1) is 0 Å². The summed E-state index contributed by atoms with van der Waals surface area (Å²) in [4.78, 5) is 0. The molecular weight excluding hydrogens is 941 g/mol. The van der Waals surface area contributed by atoms with Crippen LogP contribution >= 0.6 is 0 Å². The fourth-order valence-corrected chi connectivity index (χ4v) is 15.6. The number of rotatable bonds is 0. The first kappa shape index (κ1) is 50.8. The predicted molar refractivity (Wildman–Crippen MR) is 261 cm³/mol. The van der Waals surface area contributed by atoms with Crippen molar-refractivity contribution in [3.8, 4) is 0 Å². The molecule has 0 aromatic heterocycles. The van der Waals surface area contributed by atoms with Gasteiger partial charge in [0.15, 0.2) is 5.79 Å². The number of fused-ring (bicyclic) bond motifs is 11. The zero-order valence-corrected chi connectivity index (χ0v) is 43.3. The van der Waals surface area contributed by atoms with E-state index in [1.165, 1.54) is 0 Å². The van der Waals surface area contributed by atoms with E-state index < -0.39 is 66.3 Å². The van der Waals surface area contributed by atoms with Gasteiger partial charge in [0.1, 0.15) is 48.3 Å². The zero-order chi connectivity index (χ0) is 49.9. The molecule has 73 heavy (non-hydrogen) atoms. The molecule has 0 radical (unpaired) electrons. The minimum absolute atomic E-state index is 0.103. The average molecular weight is 1020 g/mol. The van der Waals surface area contributed by atoms with Crippen LogP contribution < -0.4 is 0 Å². The van der Waals surface area contributed by atoms with Crippen LogP contribution in [0.25, 0.3) is 0 Å². The Hall–Kier alpha value is -1.68. The summed E-state index contributed by atoms with van der Waals surface area (Å²) in [6.45, 7) is 11.9. The van der Waals surface area contributed by atoms with Crippen LogP contribution in [0.15, 0.2) is 48.6 Å². The summed E-state index contributed by atoms with van der Waals surface area (Å²) in [6, 6.07) is 0. The number of aliphatic hydroxyl groups is 3. The molecule has 0 aliphatic carbocycles. The molecule has 0 amide bonds. The van der Waals surface area contributed by atoms with E-state index in [-0.39, 0.29) is 115 Å². The molecule has 9 fully saturated rings. The molecule has 0 aromatic rings. The van der Waals surface area contributed by atoms with E-state index in [9.17, 15) is 15.3 Å². The van der Waals surface area contributed by atoms with E-state index in [4.69, 9.17) is 61.6 Å². The van der Waals surface area contributed by atoms with Crippen LogP contribution in [-0.2, 0) is 61.6 Å². The monoisotopic (exact) mass is 1020 g/mol. The van der Waals surface area contributed by atoms with E-state index in [0.29, 0.717) is 64.6 Å². The maximum atomic E-state index is 12.4. The molecule has 3 N–H and O–H groups in total. The lowest BCUT2D eigenvalue weighted by molar-refractivity contribution is -0.339. The van der Waals surface area contributed by atoms with E-state index in [2.05, 4.69) is 64.2 Å². The van der Waals surface area contributed by atoms with Gasteiger partial charge in [0.05, 0.1) is 117 Å². The summed E-state index contributed by atoms with van der Waals surface area (Å²) in [7, 11) is 0. The van der Waals surface area contributed by atoms with Gasteiger partial charge >= 0.3 is 0 Å². The van der Waals surface area contributed by atoms with Crippen LogP contribution in [0.4, 0.5) is 0 Å². The van der Waals surface area contributed by atoms with Gasteiger partial charge in [-0.05, 0) is 63.7 Å². The van der Waals surface area contributed by atoms with Gasteiger partial charge in [0.25, 0.3) is 0 Å². The van der Waals surface area contributed by atoms with Crippen molar-refractivity contribution in [1.82, 2.24) is 0 Å². The minimum atomic E-state index is -0.998. The van der Waals surface area contributed by atoms with E-state index in [1.54, 1.807) is 0 Å². The van der Waals surface area contributed by atoms with E-state index >= 15 is 0 Å². The van der Waals surface area contributed by atoms with Crippen LogP contribution in [-0.4, -0.2) is 186 Å². The lowest BCUT2D eigenvalue weighted by Gasteiger charge is -2.53. The molecule has 13 aliphatic rings. The van der Waals surface area contributed by atoms with E-state index in [1.807, 2.05) is 19.1 Å². The van der Waals surface area contributed by atoms with Gasteiger partial charge in [0, 0.05) is 43.9 Å². The van der Waals surface area contributed by atoms with Gasteiger partial charge in [-0.25, -0.2) is 0 Å². The van der Waals surface area contributed by atoms with Gasteiger partial charge < -0.3 is 76.9 Å². The second-order valence-corrected chi connectivity index (χ2v) is 24.6. The molecule has 13 aliphatic heterocycles. The Morgan fingerprint density at radius 2 is 1.08 bits per heavy atom. The highest BCUT2D eigenvalue weighted by atomic mass is 16.7. The first-order valence-electron chi connectivity index (χ1n) is 28.5. The maximum absolute atomic E-state index is 12.4. The number of aliphatic hydroxyl groups excluding tert-OH is 3. The van der Waals surface area contributed by atoms with Gasteiger partial charge in [0.2, 0.25) is 0 Å². The van der Waals surface area contributed by atoms with Crippen molar-refractivity contribution < 1.29 is 76.9 Å². The second-order valence-electron chi connectivity index (χ2n) is 24.6. The van der Waals surface area contributed by atoms with E-state index in [0.717, 1.165) is 25.7 Å². The Balaban J connectivity index is 0.695. The quantitative estimate of drug-likeness (QED) is 0.273. The van der Waals surface area contributed by atoms with Crippen LogP contribution in [0.3, 0.4) is 0 Å². The average Bonchev–Trinajstić information content (AvgIpc) is 3.55. The predicted octanol–water partition coefficient (Wildman–Crippen LogP) is 5.11. The SMILES string of the molecule is C[C@@H]1C[C@@H]2O[C@@H]3[C@@H](C)[C@H](O)[C@@H]4O[C@]5(CCCO5)[C@@H](C)[C@H](C)[C@H]4O[C@H]3C[C@H]2O[C@H]2C[C@H]3O[C@H]4C/C=C\C[C@H]5O[C@H]6C=C[C@H]7O[C@H]8[C@H](O)[C@H]9OCC=CC[C@@H]9O[C@H]8C[C@@H]7O[C@@H]6C/C=C\[C@@H]5O[C@@H]4C[C@@H](O)[C@]3(C)O[C@@H]2C1. The van der Waals surface area contributed by atoms with Crippen molar-refractivity contribution >= 4 is 0 Å². The molecule has 0 saturated carbocycles. The minimum Gasteiger partial charge on any atom is -0.390 e. The molecule has 9 saturated heterocycles. The van der Waals surface area contributed by atoms with Gasteiger partial charge in [-0.2, -0.15) is 0 Å². The standard InChI is InChI=1S/C57H82O16/c1-28-22-39-41(25-45-51(70-39)30(3)49(59)55-52(71-45)29(2)31(4)57(73-55)19-11-21-62-57)67-43-27-48-56(5,72-44(43)23-28)47(58)26-42-35(68-48)13-7-6-12-32-33(65-42)15-10-16-34-36(63-32)17-18-37-40(64-34)24-46-54(69-37)50(60)53-38(66-46)14-8-9-20-61-53/h6-10,15,17-18,28-55,58-60H,11-14,16,19-27H2,1-5H3/b7-6-,15-10-/t28-,29+,30+,31+,32-,33+,34-,35+,36+,37-,38+,39+,40+,41-,42-,43+,44-,45+,46+,47-,48-,49+,50-,51-,52-,53+,54-,55+,56+,57-/m1/s1. The second kappa shape index (κ2) is 20.2. The normalized spacial score (nSPS) is 58.5. The van der Waals surface area contributed by atoms with Crippen molar-refractivity contribution in [3.63, 3.8) is 0 Å². The van der Waals surface area contributed by atoms with Crippen LogP contribution in [0.5, 0.6) is 0 Å². The van der Waals surface area contributed by atoms with Crippen molar-refractivity contribution in [2.75, 3.05) is 13.2 Å². The Morgan fingerprint density at radius 1 is 0.452 bits per heavy atom. The smallest absolute Gasteiger partial charge is 0.171 e. The fraction of sp³-hybridized carbons (Fsp3) is 0.860. The molecule has 13 rings (SSSR count). The first-order chi connectivity index (χ1) is 35.3. The van der Waals surface area contributed by atoms with Crippen molar-refractivity contribution in [1.29, 1.82) is 0 Å². The highest BCUT2D eigenvalue weighted by molar-refractivity contribution is 5.14. The van der Waals surface area contributed by atoms with Crippen molar-refractivity contribution in [2.45, 2.75) is 270 Å². The molecule has 0 unspecified atom stereocenters. The Labute approximate surface area is 430 Å². The topological polar surface area (TPSA) is 181 Å². The third-order valence-electron chi connectivity index (χ3n) is 20.0. The number of ether oxygens (including phenoxy) is 13. The van der Waals surface area contributed by atoms with Crippen LogP contribution in [0.2, 0.25) is 0 Å². The first-order valence-corrected chi connectivity index (χ1v) is 28.5. The molecular formula is C57H82O16. The van der Waals surface area contributed by atoms with Gasteiger partial charge in [-0.3, -0.25) is 0 Å². The summed E-state index contributed by atoms with van der Waals surface area (Å²) in [5.41, 5.74) is -0.998. The zero-order valence-electron chi connectivity index (χ0n) is 43.3. The highest BCUT2D eigenvalue weighted by Gasteiger charge is 2.62. The maximum Gasteiger partial charge on any atom is 0.171 e. The summed E-state index contributed by atoms with van der Waals surface area (Å²) in [6.07, 6.45) is 15.0. The van der Waals surface area contributed by atoms with Crippen molar-refractivity contribution in [2.24, 2.45) is 23.7 Å². The summed E-state index contributed by atoms with van der Waals surface area (Å²) >= 11 is 0. The Bertz CT molecular complexity index is 2080. The molecule has 30 atom stereocenters. The Morgan fingerprint density at radius 3 is 1.92 bits per heavy atom. The molecule has 16 heteroatoms. The summed E-state index contributed by atoms with van der Waals surface area (Å²) in [5, 5.41) is 35.9. The molecule has 16 nitrogen and oxygen atoms in total. The molecule has 1 spiro atoms. The largest absolute Gasteiger partial charge is 0.390 e. The molecule has 406 valence electrons. The third-order valence-corrected chi connectivity index (χ3v) is 20.0. The van der Waals surface area contributed by atoms with Gasteiger partial charge in [-0.1, -0.05) is 76.3 Å². The Kier molecular flexibility index (Phi) is 14.1. The molecule has 0 aromatic carbocycles. The van der Waals surface area contributed by atoms with Crippen molar-refractivity contribution in [3.05, 3.63) is 48.6 Å².